The largest absolute Gasteiger partial charge is 0.461 e. The van der Waals surface area contributed by atoms with Crippen LogP contribution in [-0.4, -0.2) is 30.9 Å². The van der Waals surface area contributed by atoms with Gasteiger partial charge in [0.05, 0.1) is 11.5 Å². The number of rotatable bonds is 7. The Bertz CT molecular complexity index is 812. The zero-order valence-corrected chi connectivity index (χ0v) is 15.8. The summed E-state index contributed by atoms with van der Waals surface area (Å²) in [6.07, 6.45) is 3.27. The number of hydrogen-bond donors (Lipinski definition) is 1. The zero-order chi connectivity index (χ0) is 17.8. The first-order chi connectivity index (χ1) is 12.0. The van der Waals surface area contributed by atoms with Gasteiger partial charge < -0.3 is 9.73 Å². The minimum atomic E-state index is -0.330. The van der Waals surface area contributed by atoms with Gasteiger partial charge in [-0.25, -0.2) is 4.98 Å². The molecule has 1 atom stereocenters. The smallest absolute Gasteiger partial charge is 0.239 e. The number of aromatic nitrogens is 4. The van der Waals surface area contributed by atoms with E-state index in [2.05, 4.69) is 34.3 Å². The first-order valence-electron chi connectivity index (χ1n) is 7.88. The van der Waals surface area contributed by atoms with Crippen LogP contribution in [0.1, 0.15) is 20.8 Å². The summed E-state index contributed by atoms with van der Waals surface area (Å²) < 4.78 is 7.46. The minimum Gasteiger partial charge on any atom is -0.461 e. The molecule has 1 unspecified atom stereocenters. The third-order valence-corrected chi connectivity index (χ3v) is 5.09. The third-order valence-electron chi connectivity index (χ3n) is 3.32. The van der Waals surface area contributed by atoms with Crippen LogP contribution >= 0.6 is 23.1 Å². The molecule has 25 heavy (non-hydrogen) atoms. The number of carbonyl (C=O) groups is 1. The second-order valence-electron chi connectivity index (χ2n) is 5.87. The molecule has 3 aromatic rings. The van der Waals surface area contributed by atoms with Gasteiger partial charge in [0, 0.05) is 18.1 Å². The lowest BCUT2D eigenvalue weighted by molar-refractivity contribution is -0.115. The van der Waals surface area contributed by atoms with E-state index in [1.54, 1.807) is 12.5 Å². The van der Waals surface area contributed by atoms with E-state index in [9.17, 15) is 4.79 Å². The van der Waals surface area contributed by atoms with Crippen molar-refractivity contribution in [2.45, 2.75) is 37.7 Å². The maximum atomic E-state index is 12.3. The molecule has 0 radical (unpaired) electrons. The Balaban J connectivity index is 1.78. The second kappa shape index (κ2) is 7.83. The molecule has 0 bridgehead atoms. The molecule has 0 aliphatic rings. The van der Waals surface area contributed by atoms with Crippen molar-refractivity contribution in [3.05, 3.63) is 30.0 Å². The molecule has 1 N–H and O–H groups in total. The van der Waals surface area contributed by atoms with Gasteiger partial charge in [-0.15, -0.1) is 21.5 Å². The Kier molecular flexibility index (Phi) is 5.54. The van der Waals surface area contributed by atoms with Crippen LogP contribution in [0.15, 0.2) is 39.5 Å². The van der Waals surface area contributed by atoms with Crippen LogP contribution in [-0.2, 0) is 11.3 Å². The van der Waals surface area contributed by atoms with Crippen LogP contribution in [0.4, 0.5) is 5.13 Å². The van der Waals surface area contributed by atoms with Crippen molar-refractivity contribution >= 4 is 34.1 Å². The molecule has 9 heteroatoms. The van der Waals surface area contributed by atoms with E-state index >= 15 is 0 Å². The minimum absolute atomic E-state index is 0.112. The number of nitrogens with zero attached hydrogens (tertiary/aromatic N) is 4. The van der Waals surface area contributed by atoms with Crippen LogP contribution in [0.25, 0.3) is 11.6 Å². The highest BCUT2D eigenvalue weighted by atomic mass is 32.2. The number of carbonyl (C=O) groups excluding carboxylic acids is 1. The number of thioether (sulfide) groups is 1. The number of amides is 1. The summed E-state index contributed by atoms with van der Waals surface area (Å²) in [4.78, 5) is 16.4. The second-order valence-corrected chi connectivity index (χ2v) is 8.08. The highest BCUT2D eigenvalue weighted by molar-refractivity contribution is 8.00. The fourth-order valence-corrected chi connectivity index (χ4v) is 3.59. The summed E-state index contributed by atoms with van der Waals surface area (Å²) in [7, 11) is 0. The van der Waals surface area contributed by atoms with Gasteiger partial charge in [0.25, 0.3) is 0 Å². The Labute approximate surface area is 153 Å². The Morgan fingerprint density at radius 3 is 2.88 bits per heavy atom. The first kappa shape index (κ1) is 17.7. The molecular formula is C16H19N5O2S2. The predicted molar refractivity (Wildman–Crippen MR) is 98.6 cm³/mol. The molecule has 0 saturated carbocycles. The fraction of sp³-hybridized carbons (Fsp3) is 0.375. The molecule has 0 fully saturated rings. The van der Waals surface area contributed by atoms with Crippen molar-refractivity contribution in [3.63, 3.8) is 0 Å². The Morgan fingerprint density at radius 2 is 2.24 bits per heavy atom. The van der Waals surface area contributed by atoms with Crippen LogP contribution in [0, 0.1) is 5.92 Å². The van der Waals surface area contributed by atoms with Gasteiger partial charge in [-0.1, -0.05) is 25.6 Å². The normalized spacial score (nSPS) is 12.5. The molecular weight excluding hydrogens is 358 g/mol. The fourth-order valence-electron chi connectivity index (χ4n) is 2.20. The summed E-state index contributed by atoms with van der Waals surface area (Å²) in [5, 5.41) is 14.1. The molecule has 132 valence electrons. The van der Waals surface area contributed by atoms with E-state index in [0.29, 0.717) is 27.8 Å². The van der Waals surface area contributed by atoms with Crippen molar-refractivity contribution < 1.29 is 9.21 Å². The molecule has 0 aromatic carbocycles. The van der Waals surface area contributed by atoms with E-state index in [1.807, 2.05) is 29.0 Å². The topological polar surface area (TPSA) is 85.8 Å². The maximum Gasteiger partial charge on any atom is 0.239 e. The van der Waals surface area contributed by atoms with Crippen LogP contribution in [0.5, 0.6) is 0 Å². The molecule has 7 nitrogen and oxygen atoms in total. The van der Waals surface area contributed by atoms with Gasteiger partial charge in [-0.2, -0.15) is 0 Å². The lowest BCUT2D eigenvalue weighted by Gasteiger charge is -2.14. The lowest BCUT2D eigenvalue weighted by Crippen LogP contribution is -2.23. The molecule has 0 spiro atoms. The quantitative estimate of drug-likeness (QED) is 0.631. The summed E-state index contributed by atoms with van der Waals surface area (Å²) in [5.74, 6) is 1.63. The van der Waals surface area contributed by atoms with Crippen molar-refractivity contribution in [2.75, 3.05) is 5.32 Å². The van der Waals surface area contributed by atoms with Gasteiger partial charge in [-0.05, 0) is 25.0 Å². The van der Waals surface area contributed by atoms with Crippen molar-refractivity contribution in [1.82, 2.24) is 19.7 Å². The highest BCUT2D eigenvalue weighted by Crippen LogP contribution is 2.28. The highest BCUT2D eigenvalue weighted by Gasteiger charge is 2.22. The summed E-state index contributed by atoms with van der Waals surface area (Å²) in [6.45, 7) is 6.83. The van der Waals surface area contributed by atoms with Crippen molar-refractivity contribution in [3.8, 4) is 11.6 Å². The Morgan fingerprint density at radius 1 is 1.40 bits per heavy atom. The van der Waals surface area contributed by atoms with Crippen LogP contribution in [0.2, 0.25) is 0 Å². The van der Waals surface area contributed by atoms with E-state index in [0.717, 1.165) is 6.54 Å². The number of hydrogen-bond acceptors (Lipinski definition) is 7. The monoisotopic (exact) mass is 377 g/mol. The molecule has 1 amide bonds. The molecule has 0 aliphatic heterocycles. The molecule has 0 saturated heterocycles. The standard InChI is InChI=1S/C16H19N5O2S2/c1-10(2)9-21-13(12-5-4-7-23-12)19-20-16(21)25-11(3)14(22)18-15-17-6-8-24-15/h4-8,10-11H,9H2,1-3H3,(H,17,18,22). The van der Waals surface area contributed by atoms with Crippen LogP contribution < -0.4 is 5.32 Å². The summed E-state index contributed by atoms with van der Waals surface area (Å²) >= 11 is 2.76. The third kappa shape index (κ3) is 4.29. The summed E-state index contributed by atoms with van der Waals surface area (Å²) in [6, 6.07) is 3.68. The van der Waals surface area contributed by atoms with E-state index < -0.39 is 0 Å². The SMILES string of the molecule is CC(C)Cn1c(SC(C)C(=O)Nc2nccs2)nnc1-c1ccco1. The average Bonchev–Trinajstić information content (AvgIpc) is 3.29. The Hall–Kier alpha value is -2.13. The van der Waals surface area contributed by atoms with E-state index in [1.165, 1.54) is 23.1 Å². The number of nitrogens with one attached hydrogen (secondary N) is 1. The number of thiazole rings is 1. The van der Waals surface area contributed by atoms with Crippen molar-refractivity contribution in [2.24, 2.45) is 5.92 Å². The molecule has 0 aliphatic carbocycles. The molecule has 3 aromatic heterocycles. The predicted octanol–water partition coefficient (Wildman–Crippen LogP) is 3.77. The lowest BCUT2D eigenvalue weighted by atomic mass is 10.2. The average molecular weight is 377 g/mol. The molecule has 3 rings (SSSR count). The number of furan rings is 1. The van der Waals surface area contributed by atoms with Gasteiger partial charge in [0.1, 0.15) is 0 Å². The van der Waals surface area contributed by atoms with Gasteiger partial charge in [0.2, 0.25) is 5.91 Å². The van der Waals surface area contributed by atoms with E-state index in [4.69, 9.17) is 4.42 Å². The zero-order valence-electron chi connectivity index (χ0n) is 14.2. The first-order valence-corrected chi connectivity index (χ1v) is 9.64. The van der Waals surface area contributed by atoms with Crippen LogP contribution in [0.3, 0.4) is 0 Å². The van der Waals surface area contributed by atoms with Gasteiger partial charge in [0.15, 0.2) is 21.9 Å². The van der Waals surface area contributed by atoms with Crippen molar-refractivity contribution in [1.29, 1.82) is 0 Å². The maximum absolute atomic E-state index is 12.3. The van der Waals surface area contributed by atoms with Gasteiger partial charge in [-0.3, -0.25) is 9.36 Å². The molecule has 3 heterocycles. The number of anilines is 1. The van der Waals surface area contributed by atoms with Gasteiger partial charge >= 0.3 is 0 Å². The summed E-state index contributed by atoms with van der Waals surface area (Å²) in [5.41, 5.74) is 0. The van der Waals surface area contributed by atoms with E-state index in [-0.39, 0.29) is 11.2 Å².